The lowest BCUT2D eigenvalue weighted by Crippen LogP contribution is -2.38. The summed E-state index contributed by atoms with van der Waals surface area (Å²) in [6.45, 7) is 1.70. The molecule has 2 aliphatic heterocycles. The maximum Gasteiger partial charge on any atom is 0.407 e. The van der Waals surface area contributed by atoms with Gasteiger partial charge in [0, 0.05) is 25.6 Å². The minimum absolute atomic E-state index is 0.175. The molecule has 0 aromatic carbocycles. The van der Waals surface area contributed by atoms with Crippen molar-refractivity contribution in [3.05, 3.63) is 18.3 Å². The van der Waals surface area contributed by atoms with Crippen LogP contribution >= 0.6 is 0 Å². The molecule has 0 aliphatic carbocycles. The number of ether oxygens (including phenoxy) is 2. The lowest BCUT2D eigenvalue weighted by Gasteiger charge is -2.25. The van der Waals surface area contributed by atoms with Gasteiger partial charge in [0.25, 0.3) is 0 Å². The number of aromatic nitrogens is 1. The first-order valence-electron chi connectivity index (χ1n) is 7.63. The fraction of sp³-hybridized carbons (Fsp3) is 0.533. The van der Waals surface area contributed by atoms with Crippen molar-refractivity contribution in [3.63, 3.8) is 0 Å². The molecule has 2 saturated heterocycles. The van der Waals surface area contributed by atoms with Crippen molar-refractivity contribution >= 4 is 17.8 Å². The van der Waals surface area contributed by atoms with Crippen LogP contribution in [0.3, 0.4) is 0 Å². The van der Waals surface area contributed by atoms with Crippen LogP contribution in [0.5, 0.6) is 5.88 Å². The van der Waals surface area contributed by atoms with E-state index in [0.717, 1.165) is 12.8 Å². The third kappa shape index (κ3) is 3.46. The van der Waals surface area contributed by atoms with Crippen LogP contribution in [0.2, 0.25) is 0 Å². The van der Waals surface area contributed by atoms with E-state index in [1.807, 2.05) is 0 Å². The highest BCUT2D eigenvalue weighted by Crippen LogP contribution is 2.29. The van der Waals surface area contributed by atoms with Crippen molar-refractivity contribution < 1.29 is 19.1 Å². The van der Waals surface area contributed by atoms with Gasteiger partial charge in [-0.1, -0.05) is 0 Å². The number of nitrogens with zero attached hydrogens (tertiary/aromatic N) is 2. The van der Waals surface area contributed by atoms with E-state index >= 15 is 0 Å². The summed E-state index contributed by atoms with van der Waals surface area (Å²) in [5, 5.41) is 5.53. The summed E-state index contributed by atoms with van der Waals surface area (Å²) >= 11 is 0. The highest BCUT2D eigenvalue weighted by Gasteiger charge is 2.41. The number of carbonyl (C=O) groups is 2. The molecule has 23 heavy (non-hydrogen) atoms. The van der Waals surface area contributed by atoms with Crippen LogP contribution in [0.15, 0.2) is 18.3 Å². The predicted molar refractivity (Wildman–Crippen MR) is 82.4 cm³/mol. The van der Waals surface area contributed by atoms with Gasteiger partial charge >= 0.3 is 12.1 Å². The standard InChI is InChI=1S/C15H20N4O4/c1-22-12-4-3-11(9-16-12)18-13(20)19-7-2-5-15(6-8-19)10-17-14(21)23-15/h3-4,9H,2,5-8,10H2,1H3,(H,17,21)(H,18,20). The second-order valence-electron chi connectivity index (χ2n) is 5.79. The van der Waals surface area contributed by atoms with E-state index in [1.165, 1.54) is 0 Å². The number of pyridine rings is 1. The number of carbonyl (C=O) groups excluding carboxylic acids is 2. The first kappa shape index (κ1) is 15.4. The van der Waals surface area contributed by atoms with Gasteiger partial charge in [-0.25, -0.2) is 14.6 Å². The van der Waals surface area contributed by atoms with Gasteiger partial charge in [0.05, 0.1) is 25.5 Å². The smallest absolute Gasteiger partial charge is 0.407 e. The van der Waals surface area contributed by atoms with E-state index in [4.69, 9.17) is 9.47 Å². The molecule has 1 unspecified atom stereocenters. The molecule has 124 valence electrons. The third-order valence-electron chi connectivity index (χ3n) is 4.25. The van der Waals surface area contributed by atoms with E-state index in [-0.39, 0.29) is 12.1 Å². The summed E-state index contributed by atoms with van der Waals surface area (Å²) in [4.78, 5) is 29.5. The molecule has 1 spiro atoms. The Kier molecular flexibility index (Phi) is 4.22. The van der Waals surface area contributed by atoms with E-state index in [1.54, 1.807) is 30.3 Å². The Morgan fingerprint density at radius 2 is 2.30 bits per heavy atom. The van der Waals surface area contributed by atoms with Gasteiger partial charge in [-0.05, 0) is 18.9 Å². The molecule has 2 N–H and O–H groups in total. The minimum atomic E-state index is -0.465. The first-order valence-corrected chi connectivity index (χ1v) is 7.63. The zero-order chi connectivity index (χ0) is 16.3. The van der Waals surface area contributed by atoms with Crippen LogP contribution in [0.1, 0.15) is 19.3 Å². The summed E-state index contributed by atoms with van der Waals surface area (Å²) in [6.07, 6.45) is 3.38. The molecule has 1 atom stereocenters. The molecule has 3 rings (SSSR count). The van der Waals surface area contributed by atoms with Gasteiger partial charge in [0.2, 0.25) is 5.88 Å². The largest absolute Gasteiger partial charge is 0.481 e. The van der Waals surface area contributed by atoms with Gasteiger partial charge in [0.1, 0.15) is 5.60 Å². The van der Waals surface area contributed by atoms with Crippen molar-refractivity contribution in [1.29, 1.82) is 0 Å². The second kappa shape index (κ2) is 6.31. The predicted octanol–water partition coefficient (Wildman–Crippen LogP) is 1.59. The zero-order valence-electron chi connectivity index (χ0n) is 13.0. The summed E-state index contributed by atoms with van der Waals surface area (Å²) in [5.74, 6) is 0.496. The molecular formula is C15H20N4O4. The topological polar surface area (TPSA) is 92.8 Å². The van der Waals surface area contributed by atoms with Gasteiger partial charge in [0.15, 0.2) is 0 Å². The summed E-state index contributed by atoms with van der Waals surface area (Å²) in [7, 11) is 1.54. The van der Waals surface area contributed by atoms with E-state index in [0.29, 0.717) is 37.6 Å². The molecule has 8 nitrogen and oxygen atoms in total. The lowest BCUT2D eigenvalue weighted by molar-refractivity contribution is 0.0454. The Morgan fingerprint density at radius 3 is 2.96 bits per heavy atom. The number of hydrogen-bond donors (Lipinski definition) is 2. The Labute approximate surface area is 134 Å². The SMILES string of the molecule is COc1ccc(NC(=O)N2CCCC3(CC2)CNC(=O)O3)cn1. The van der Waals surface area contributed by atoms with E-state index in [9.17, 15) is 9.59 Å². The average molecular weight is 320 g/mol. The Bertz CT molecular complexity index is 592. The fourth-order valence-corrected chi connectivity index (χ4v) is 2.93. The zero-order valence-corrected chi connectivity index (χ0v) is 13.0. The van der Waals surface area contributed by atoms with Gasteiger partial charge in [-0.3, -0.25) is 0 Å². The van der Waals surface area contributed by atoms with E-state index < -0.39 is 5.60 Å². The monoisotopic (exact) mass is 320 g/mol. The molecule has 0 radical (unpaired) electrons. The molecule has 0 saturated carbocycles. The summed E-state index contributed by atoms with van der Waals surface area (Å²) in [6, 6.07) is 3.26. The minimum Gasteiger partial charge on any atom is -0.481 e. The average Bonchev–Trinajstić information content (AvgIpc) is 2.79. The maximum atomic E-state index is 12.4. The third-order valence-corrected chi connectivity index (χ3v) is 4.25. The number of hydrogen-bond acceptors (Lipinski definition) is 5. The number of alkyl carbamates (subject to hydrolysis) is 1. The number of anilines is 1. The molecule has 1 aromatic rings. The molecule has 2 fully saturated rings. The van der Waals surface area contributed by atoms with Gasteiger partial charge in [-0.2, -0.15) is 0 Å². The van der Waals surface area contributed by atoms with Crippen molar-refractivity contribution in [2.75, 3.05) is 32.1 Å². The normalized spacial score (nSPS) is 23.9. The Balaban J connectivity index is 1.58. The number of urea groups is 1. The van der Waals surface area contributed by atoms with Gasteiger partial charge < -0.3 is 25.0 Å². The van der Waals surface area contributed by atoms with Crippen molar-refractivity contribution in [2.45, 2.75) is 24.9 Å². The first-order chi connectivity index (χ1) is 11.1. The Morgan fingerprint density at radius 1 is 1.43 bits per heavy atom. The van der Waals surface area contributed by atoms with Crippen molar-refractivity contribution in [3.8, 4) is 5.88 Å². The van der Waals surface area contributed by atoms with Crippen LogP contribution in [0.25, 0.3) is 0 Å². The number of nitrogens with one attached hydrogen (secondary N) is 2. The number of methoxy groups -OCH3 is 1. The summed E-state index contributed by atoms with van der Waals surface area (Å²) < 4.78 is 10.4. The number of amides is 3. The number of rotatable bonds is 2. The van der Waals surface area contributed by atoms with Crippen LogP contribution in [-0.2, 0) is 4.74 Å². The fourth-order valence-electron chi connectivity index (χ4n) is 2.93. The van der Waals surface area contributed by atoms with Gasteiger partial charge in [-0.15, -0.1) is 0 Å². The number of likely N-dealkylation sites (tertiary alicyclic amines) is 1. The maximum absolute atomic E-state index is 12.4. The molecule has 0 bridgehead atoms. The van der Waals surface area contributed by atoms with Crippen LogP contribution in [0, 0.1) is 0 Å². The van der Waals surface area contributed by atoms with Crippen molar-refractivity contribution in [1.82, 2.24) is 15.2 Å². The highest BCUT2D eigenvalue weighted by atomic mass is 16.6. The molecule has 2 aliphatic rings. The highest BCUT2D eigenvalue weighted by molar-refractivity contribution is 5.89. The van der Waals surface area contributed by atoms with Crippen molar-refractivity contribution in [2.24, 2.45) is 0 Å². The van der Waals surface area contributed by atoms with Crippen LogP contribution in [-0.4, -0.2) is 54.4 Å². The molecule has 3 amide bonds. The molecular weight excluding hydrogens is 300 g/mol. The lowest BCUT2D eigenvalue weighted by atomic mass is 9.95. The molecule has 3 heterocycles. The Hall–Kier alpha value is -2.51. The molecule has 1 aromatic heterocycles. The summed E-state index contributed by atoms with van der Waals surface area (Å²) in [5.41, 5.74) is 0.150. The second-order valence-corrected chi connectivity index (χ2v) is 5.79. The van der Waals surface area contributed by atoms with Crippen LogP contribution < -0.4 is 15.4 Å². The van der Waals surface area contributed by atoms with Crippen LogP contribution in [0.4, 0.5) is 15.3 Å². The molecule has 8 heteroatoms. The quantitative estimate of drug-likeness (QED) is 0.863. The van der Waals surface area contributed by atoms with E-state index in [2.05, 4.69) is 15.6 Å².